The lowest BCUT2D eigenvalue weighted by atomic mass is 10.2. The molecule has 0 radical (unpaired) electrons. The molecular weight excluding hydrogens is 389 g/mol. The van der Waals surface area contributed by atoms with E-state index >= 15 is 0 Å². The normalized spacial score (nSPS) is 16.4. The van der Waals surface area contributed by atoms with Gasteiger partial charge in [0.15, 0.2) is 0 Å². The van der Waals surface area contributed by atoms with Gasteiger partial charge in [-0.15, -0.1) is 0 Å². The molecule has 0 saturated carbocycles. The summed E-state index contributed by atoms with van der Waals surface area (Å²) in [5.74, 6) is -0.561. The average molecular weight is 408 g/mol. The number of carbonyl (C=O) groups is 2. The molecule has 1 atom stereocenters. The van der Waals surface area contributed by atoms with E-state index in [-0.39, 0.29) is 47.8 Å². The first-order valence-electron chi connectivity index (χ1n) is 8.88. The summed E-state index contributed by atoms with van der Waals surface area (Å²) in [7, 11) is 0. The van der Waals surface area contributed by atoms with Crippen LogP contribution in [0.3, 0.4) is 0 Å². The second-order valence-corrected chi connectivity index (χ2v) is 6.54. The zero-order chi connectivity index (χ0) is 21.0. The summed E-state index contributed by atoms with van der Waals surface area (Å²) in [5.41, 5.74) is 4.82. The minimum atomic E-state index is -4.64. The van der Waals surface area contributed by atoms with E-state index in [1.165, 1.54) is 18.2 Å². The second-order valence-electron chi connectivity index (χ2n) is 6.54. The van der Waals surface area contributed by atoms with Crippen LogP contribution in [0.25, 0.3) is 0 Å². The number of nitrogens with zero attached hydrogens (tertiary/aromatic N) is 1. The largest absolute Gasteiger partial charge is 0.439 e. The monoisotopic (exact) mass is 408 g/mol. The van der Waals surface area contributed by atoms with Gasteiger partial charge in [0.1, 0.15) is 11.4 Å². The summed E-state index contributed by atoms with van der Waals surface area (Å²) >= 11 is 0. The van der Waals surface area contributed by atoms with Crippen LogP contribution in [0.2, 0.25) is 0 Å². The molecule has 1 aromatic heterocycles. The van der Waals surface area contributed by atoms with Crippen molar-refractivity contribution >= 4 is 11.8 Å². The topological polar surface area (TPSA) is 106 Å². The predicted molar refractivity (Wildman–Crippen MR) is 97.1 cm³/mol. The molecule has 154 valence electrons. The number of hydrogen-bond donors (Lipinski definition) is 3. The van der Waals surface area contributed by atoms with Gasteiger partial charge in [0.2, 0.25) is 11.8 Å². The van der Waals surface area contributed by atoms with Crippen LogP contribution in [0, 0.1) is 0 Å². The number of carbonyl (C=O) groups excluding carboxylic acids is 2. The SMILES string of the molecule is NCc1cc(Oc2cccc(C(=O)NCC3CCC(=O)N3)c2)nc(C(F)(F)F)c1. The van der Waals surface area contributed by atoms with Gasteiger partial charge in [-0.3, -0.25) is 9.59 Å². The summed E-state index contributed by atoms with van der Waals surface area (Å²) in [6.45, 7) is 0.173. The number of alkyl halides is 3. The van der Waals surface area contributed by atoms with Gasteiger partial charge in [-0.1, -0.05) is 6.07 Å². The van der Waals surface area contributed by atoms with Gasteiger partial charge in [0.05, 0.1) is 0 Å². The van der Waals surface area contributed by atoms with Gasteiger partial charge in [0.25, 0.3) is 5.91 Å². The lowest BCUT2D eigenvalue weighted by Gasteiger charge is -2.13. The van der Waals surface area contributed by atoms with E-state index in [0.717, 1.165) is 6.07 Å². The number of nitrogens with two attached hydrogens (primary N) is 1. The minimum absolute atomic E-state index is 0.0508. The minimum Gasteiger partial charge on any atom is -0.439 e. The van der Waals surface area contributed by atoms with E-state index in [1.807, 2.05) is 0 Å². The van der Waals surface area contributed by atoms with Gasteiger partial charge < -0.3 is 21.1 Å². The molecule has 1 aromatic carbocycles. The third-order valence-electron chi connectivity index (χ3n) is 4.30. The molecule has 0 bridgehead atoms. The second kappa shape index (κ2) is 8.48. The molecule has 7 nitrogen and oxygen atoms in total. The van der Waals surface area contributed by atoms with Crippen molar-refractivity contribution in [3.05, 3.63) is 53.2 Å². The van der Waals surface area contributed by atoms with Crippen molar-refractivity contribution in [3.8, 4) is 11.6 Å². The maximum Gasteiger partial charge on any atom is 0.433 e. The third-order valence-corrected chi connectivity index (χ3v) is 4.30. The van der Waals surface area contributed by atoms with Crippen molar-refractivity contribution in [1.82, 2.24) is 15.6 Å². The summed E-state index contributed by atoms with van der Waals surface area (Å²) in [6.07, 6.45) is -3.56. The maximum atomic E-state index is 13.0. The van der Waals surface area contributed by atoms with Crippen LogP contribution in [-0.4, -0.2) is 29.4 Å². The molecule has 10 heteroatoms. The number of ether oxygens (including phenoxy) is 1. The molecule has 4 N–H and O–H groups in total. The smallest absolute Gasteiger partial charge is 0.433 e. The van der Waals surface area contributed by atoms with Crippen LogP contribution in [-0.2, 0) is 17.5 Å². The zero-order valence-corrected chi connectivity index (χ0v) is 15.3. The number of amides is 2. The van der Waals surface area contributed by atoms with Gasteiger partial charge in [-0.25, -0.2) is 4.98 Å². The first kappa shape index (κ1) is 20.6. The molecule has 2 heterocycles. The fourth-order valence-corrected chi connectivity index (χ4v) is 2.84. The highest BCUT2D eigenvalue weighted by Gasteiger charge is 2.33. The number of aromatic nitrogens is 1. The number of nitrogens with one attached hydrogen (secondary N) is 2. The molecule has 1 saturated heterocycles. The van der Waals surface area contributed by atoms with Crippen molar-refractivity contribution in [2.75, 3.05) is 6.54 Å². The van der Waals surface area contributed by atoms with Crippen LogP contribution in [0.15, 0.2) is 36.4 Å². The average Bonchev–Trinajstić information content (AvgIpc) is 3.10. The molecule has 1 aliphatic rings. The first-order valence-corrected chi connectivity index (χ1v) is 8.88. The quantitative estimate of drug-likeness (QED) is 0.680. The summed E-state index contributed by atoms with van der Waals surface area (Å²) < 4.78 is 44.4. The van der Waals surface area contributed by atoms with Crippen molar-refractivity contribution in [2.24, 2.45) is 5.73 Å². The van der Waals surface area contributed by atoms with E-state index in [9.17, 15) is 22.8 Å². The summed E-state index contributed by atoms with van der Waals surface area (Å²) in [6, 6.07) is 8.03. The Hall–Kier alpha value is -3.14. The Morgan fingerprint density at radius 1 is 1.31 bits per heavy atom. The van der Waals surface area contributed by atoms with Crippen molar-refractivity contribution in [3.63, 3.8) is 0 Å². The van der Waals surface area contributed by atoms with E-state index in [4.69, 9.17) is 10.5 Å². The number of hydrogen-bond acceptors (Lipinski definition) is 5. The standard InChI is InChI=1S/C19H19F3N4O3/c20-19(21,22)15-6-11(9-23)7-17(26-15)29-14-3-1-2-12(8-14)18(28)24-10-13-4-5-16(27)25-13/h1-3,6-8,13H,4-5,9-10,23H2,(H,24,28)(H,25,27). The molecule has 0 aliphatic carbocycles. The lowest BCUT2D eigenvalue weighted by Crippen LogP contribution is -2.38. The Labute approximate surface area is 164 Å². The Bertz CT molecular complexity index is 918. The van der Waals surface area contributed by atoms with E-state index in [2.05, 4.69) is 15.6 Å². The van der Waals surface area contributed by atoms with Crippen LogP contribution in [0.1, 0.15) is 34.5 Å². The Balaban J connectivity index is 1.71. The fraction of sp³-hybridized carbons (Fsp3) is 0.316. The van der Waals surface area contributed by atoms with Gasteiger partial charge >= 0.3 is 6.18 Å². The third kappa shape index (κ3) is 5.44. The highest BCUT2D eigenvalue weighted by Crippen LogP contribution is 2.31. The van der Waals surface area contributed by atoms with Crippen LogP contribution in [0.4, 0.5) is 13.2 Å². The van der Waals surface area contributed by atoms with E-state index < -0.39 is 17.8 Å². The number of halogens is 3. The van der Waals surface area contributed by atoms with Gasteiger partial charge in [-0.05, 0) is 36.2 Å². The lowest BCUT2D eigenvalue weighted by molar-refractivity contribution is -0.141. The van der Waals surface area contributed by atoms with Crippen LogP contribution < -0.4 is 21.1 Å². The maximum absolute atomic E-state index is 13.0. The molecule has 1 unspecified atom stereocenters. The molecule has 1 aliphatic heterocycles. The van der Waals surface area contributed by atoms with Crippen molar-refractivity contribution in [1.29, 1.82) is 0 Å². The highest BCUT2D eigenvalue weighted by atomic mass is 19.4. The zero-order valence-electron chi connectivity index (χ0n) is 15.3. The fourth-order valence-electron chi connectivity index (χ4n) is 2.84. The van der Waals surface area contributed by atoms with Gasteiger partial charge in [0, 0.05) is 37.2 Å². The summed E-state index contributed by atoms with van der Waals surface area (Å²) in [4.78, 5) is 27.0. The highest BCUT2D eigenvalue weighted by molar-refractivity contribution is 5.94. The number of pyridine rings is 1. The first-order chi connectivity index (χ1) is 13.7. The number of rotatable bonds is 6. The Kier molecular flexibility index (Phi) is 6.02. The molecule has 3 rings (SSSR count). The van der Waals surface area contributed by atoms with Crippen molar-refractivity contribution in [2.45, 2.75) is 31.6 Å². The van der Waals surface area contributed by atoms with E-state index in [1.54, 1.807) is 12.1 Å². The molecule has 0 spiro atoms. The Morgan fingerprint density at radius 3 is 2.76 bits per heavy atom. The number of benzene rings is 1. The van der Waals surface area contributed by atoms with Crippen LogP contribution >= 0.6 is 0 Å². The molecule has 2 amide bonds. The van der Waals surface area contributed by atoms with Gasteiger partial charge in [-0.2, -0.15) is 13.2 Å². The summed E-state index contributed by atoms with van der Waals surface area (Å²) in [5, 5.41) is 5.45. The molecular formula is C19H19F3N4O3. The molecule has 1 fully saturated rings. The molecule has 29 heavy (non-hydrogen) atoms. The van der Waals surface area contributed by atoms with Crippen molar-refractivity contribution < 1.29 is 27.5 Å². The van der Waals surface area contributed by atoms with Crippen LogP contribution in [0.5, 0.6) is 11.6 Å². The molecule has 2 aromatic rings. The Morgan fingerprint density at radius 2 is 2.10 bits per heavy atom. The predicted octanol–water partition coefficient (Wildman–Crippen LogP) is 2.36. The van der Waals surface area contributed by atoms with E-state index in [0.29, 0.717) is 12.8 Å².